The van der Waals surface area contributed by atoms with E-state index in [1.165, 1.54) is 12.1 Å². The smallest absolute Gasteiger partial charge is 0.317 e. The van der Waals surface area contributed by atoms with Gasteiger partial charge >= 0.3 is 6.03 Å². The monoisotopic (exact) mass is 847 g/mol. The van der Waals surface area contributed by atoms with Crippen LogP contribution in [0.1, 0.15) is 67.7 Å². The topological polar surface area (TPSA) is 181 Å². The fourth-order valence-electron chi connectivity index (χ4n) is 9.54. The summed E-state index contributed by atoms with van der Waals surface area (Å²) in [6.07, 6.45) is 10.3. The molecule has 1 fully saturated rings. The summed E-state index contributed by atoms with van der Waals surface area (Å²) in [5, 5.41) is 40.1. The van der Waals surface area contributed by atoms with Gasteiger partial charge in [-0.05, 0) is 96.5 Å². The minimum Gasteiger partial charge on any atom is -0.490 e. The molecule has 2 heterocycles. The average Bonchev–Trinajstić information content (AvgIpc) is 3.71. The van der Waals surface area contributed by atoms with Crippen LogP contribution in [-0.4, -0.2) is 82.1 Å². The van der Waals surface area contributed by atoms with Crippen molar-refractivity contribution in [2.45, 2.75) is 75.8 Å². The van der Waals surface area contributed by atoms with E-state index in [1.807, 2.05) is 48.5 Å². The molecule has 0 bridgehead atoms. The molecule has 14 nitrogen and oxygen atoms in total. The van der Waals surface area contributed by atoms with Gasteiger partial charge in [-0.15, -0.1) is 6.58 Å². The number of para-hydroxylation sites is 1. The largest absolute Gasteiger partial charge is 0.490 e. The number of rotatable bonds is 21. The summed E-state index contributed by atoms with van der Waals surface area (Å²) in [6, 6.07) is 20.9. The van der Waals surface area contributed by atoms with Crippen molar-refractivity contribution >= 4 is 28.3 Å². The third-order valence-corrected chi connectivity index (χ3v) is 12.4. The van der Waals surface area contributed by atoms with Crippen LogP contribution in [-0.2, 0) is 22.7 Å². The molecule has 1 saturated carbocycles. The highest BCUT2D eigenvalue weighted by Gasteiger charge is 2.65. The van der Waals surface area contributed by atoms with Crippen molar-refractivity contribution < 1.29 is 39.0 Å². The van der Waals surface area contributed by atoms with Crippen molar-refractivity contribution in [1.29, 1.82) is 0 Å². The van der Waals surface area contributed by atoms with Gasteiger partial charge in [0.1, 0.15) is 30.8 Å². The lowest BCUT2D eigenvalue weighted by atomic mass is 9.55. The molecular weight excluding hydrogens is 791 g/mol. The van der Waals surface area contributed by atoms with E-state index in [0.717, 1.165) is 53.4 Å². The molecule has 4 N–H and O–H groups in total. The van der Waals surface area contributed by atoms with Gasteiger partial charge in [0.15, 0.2) is 0 Å². The highest BCUT2D eigenvalue weighted by molar-refractivity contribution is 6.03. The summed E-state index contributed by atoms with van der Waals surface area (Å²) >= 11 is 0. The maximum atomic E-state index is 14.4. The zero-order chi connectivity index (χ0) is 43.6. The summed E-state index contributed by atoms with van der Waals surface area (Å²) in [4.78, 5) is 36.5. The molecule has 3 aromatic carbocycles. The molecule has 7 rings (SSSR count). The second-order valence-electron chi connectivity index (χ2n) is 16.2. The number of nitro groups is 1. The van der Waals surface area contributed by atoms with E-state index >= 15 is 0 Å². The van der Waals surface area contributed by atoms with Crippen molar-refractivity contribution in [3.8, 4) is 11.5 Å². The number of hydrogen-bond acceptors (Lipinski definition) is 10. The number of carbonyl (C=O) groups excluding carboxylic acids is 1. The zero-order valence-corrected chi connectivity index (χ0v) is 35.2. The van der Waals surface area contributed by atoms with Gasteiger partial charge in [-0.2, -0.15) is 0 Å². The average molecular weight is 848 g/mol. The number of likely N-dealkylation sites (N-methyl/N-ethyl adjacent to an activating group) is 1. The number of amides is 2. The van der Waals surface area contributed by atoms with E-state index in [4.69, 9.17) is 24.2 Å². The number of carbonyl (C=O) groups is 1. The molecule has 0 radical (unpaired) electrons. The molecular formula is C48H57N5O9. The Bertz CT molecular complexity index is 2240. The maximum absolute atomic E-state index is 14.4. The highest BCUT2D eigenvalue weighted by atomic mass is 16.7. The second kappa shape index (κ2) is 20.3. The van der Waals surface area contributed by atoms with E-state index in [0.29, 0.717) is 42.2 Å². The Balaban J connectivity index is 1.35. The number of hydrogen-bond donors (Lipinski definition) is 4. The lowest BCUT2D eigenvalue weighted by Crippen LogP contribution is -2.70. The molecule has 3 aliphatic rings. The molecule has 14 heteroatoms. The molecule has 1 aromatic heterocycles. The number of nitrogens with one attached hydrogen (secondary N) is 2. The minimum atomic E-state index is -1.42. The van der Waals surface area contributed by atoms with Crippen LogP contribution < -0.4 is 14.8 Å². The van der Waals surface area contributed by atoms with Gasteiger partial charge in [0, 0.05) is 61.5 Å². The highest BCUT2D eigenvalue weighted by Crippen LogP contribution is 2.61. The van der Waals surface area contributed by atoms with Crippen LogP contribution in [0.2, 0.25) is 0 Å². The standard InChI is InChI=1S/C48H57N5O9/c1-4-24-59-37-20-21-43-40(28-37)45-38(14-9-11-23-55)33(12-8-10-22-54)27-39-42(51-61-31-32-16-18-36(19-17-32)53(57)58)29-44(48(62-43,46(39)45)60-25-5-2)52(3)47(56)49-30-35-26-34-13-6-7-15-41(34)50-35/h4-7,13,15-21,26-28,33,38,44-46,50,54-55H,1-2,8-12,14,22-25,29-31H2,3H3,(H,49,56). The number of aliphatic hydroxyl groups excluding tert-OH is 2. The number of nitrogens with zero attached hydrogens (tertiary/aromatic N) is 3. The van der Waals surface area contributed by atoms with Crippen LogP contribution in [0, 0.1) is 27.9 Å². The maximum Gasteiger partial charge on any atom is 0.317 e. The minimum absolute atomic E-state index is 0.0216. The van der Waals surface area contributed by atoms with Crippen molar-refractivity contribution in [2.24, 2.45) is 22.9 Å². The number of aromatic nitrogens is 1. The number of nitro benzene ring substituents is 1. The zero-order valence-electron chi connectivity index (χ0n) is 35.2. The summed E-state index contributed by atoms with van der Waals surface area (Å²) in [7, 11) is 1.74. The van der Waals surface area contributed by atoms with E-state index in [1.54, 1.807) is 36.2 Å². The van der Waals surface area contributed by atoms with Crippen molar-refractivity contribution in [3.63, 3.8) is 0 Å². The summed E-state index contributed by atoms with van der Waals surface area (Å²) in [6.45, 7) is 8.75. The normalized spacial score (nSPS) is 23.0. The van der Waals surface area contributed by atoms with E-state index in [9.17, 15) is 25.1 Å². The van der Waals surface area contributed by atoms with Crippen LogP contribution >= 0.6 is 0 Å². The fraction of sp³-hybridized carbons (Fsp3) is 0.417. The Morgan fingerprint density at radius 3 is 2.52 bits per heavy atom. The molecule has 1 aliphatic heterocycles. The predicted octanol–water partition coefficient (Wildman–Crippen LogP) is 8.32. The number of H-pyrrole nitrogens is 1. The summed E-state index contributed by atoms with van der Waals surface area (Å²) < 4.78 is 20.3. The number of aliphatic hydroxyl groups is 2. The molecule has 6 atom stereocenters. The number of ether oxygens (including phenoxy) is 3. The van der Waals surface area contributed by atoms with Crippen LogP contribution in [0.15, 0.2) is 115 Å². The first-order valence-corrected chi connectivity index (χ1v) is 21.5. The van der Waals surface area contributed by atoms with Gasteiger partial charge in [0.2, 0.25) is 5.79 Å². The SMILES string of the molecule is C=CCOc1ccc2c(c1)C1C(CCCCO)C(CCCCO)C=C3C(=NOCc4ccc([N+](=O)[O-])cc4)CC(N(C)C(=O)NCc4cc5ccccc5[nH]4)C(OCC=C)(O2)C31. The van der Waals surface area contributed by atoms with E-state index in [-0.39, 0.29) is 68.9 Å². The summed E-state index contributed by atoms with van der Waals surface area (Å²) in [5.74, 6) is -0.769. The van der Waals surface area contributed by atoms with Crippen LogP contribution in [0.5, 0.6) is 11.5 Å². The molecule has 4 aromatic rings. The van der Waals surface area contributed by atoms with Gasteiger partial charge in [-0.1, -0.05) is 61.0 Å². The number of fused-ring (bicyclic) bond motifs is 3. The third-order valence-electron chi connectivity index (χ3n) is 12.4. The molecule has 0 spiro atoms. The first-order chi connectivity index (χ1) is 30.2. The number of aromatic amines is 1. The molecule has 328 valence electrons. The molecule has 2 aliphatic carbocycles. The first kappa shape index (κ1) is 44.1. The molecule has 0 saturated heterocycles. The third kappa shape index (κ3) is 9.42. The van der Waals surface area contributed by atoms with Crippen LogP contribution in [0.4, 0.5) is 10.5 Å². The Labute approximate surface area is 362 Å². The Morgan fingerprint density at radius 2 is 1.79 bits per heavy atom. The lowest BCUT2D eigenvalue weighted by molar-refractivity contribution is -0.384. The van der Waals surface area contributed by atoms with Gasteiger partial charge < -0.3 is 44.5 Å². The summed E-state index contributed by atoms with van der Waals surface area (Å²) in [5.41, 5.74) is 4.97. The Morgan fingerprint density at radius 1 is 1.03 bits per heavy atom. The van der Waals surface area contributed by atoms with E-state index < -0.39 is 22.7 Å². The lowest BCUT2D eigenvalue weighted by Gasteiger charge is -2.59. The quantitative estimate of drug-likeness (QED) is 0.0278. The first-order valence-electron chi connectivity index (χ1n) is 21.5. The van der Waals surface area contributed by atoms with Crippen LogP contribution in [0.3, 0.4) is 0 Å². The van der Waals surface area contributed by atoms with Gasteiger partial charge in [-0.25, -0.2) is 4.79 Å². The second-order valence-corrected chi connectivity index (χ2v) is 16.2. The van der Waals surface area contributed by atoms with Gasteiger partial charge in [0.25, 0.3) is 5.69 Å². The molecule has 62 heavy (non-hydrogen) atoms. The van der Waals surface area contributed by atoms with Crippen LogP contribution in [0.25, 0.3) is 10.9 Å². The number of allylic oxidation sites excluding steroid dienone is 1. The Kier molecular flexibility index (Phi) is 14.4. The number of unbranched alkanes of at least 4 members (excludes halogenated alkanes) is 2. The fourth-order valence-corrected chi connectivity index (χ4v) is 9.54. The Hall–Kier alpha value is -5.96. The number of benzene rings is 3. The molecule has 2 amide bonds. The van der Waals surface area contributed by atoms with Crippen molar-refractivity contribution in [1.82, 2.24) is 15.2 Å². The predicted molar refractivity (Wildman–Crippen MR) is 237 cm³/mol. The number of non-ortho nitro benzene ring substituents is 1. The van der Waals surface area contributed by atoms with Crippen molar-refractivity contribution in [2.75, 3.05) is 33.5 Å². The van der Waals surface area contributed by atoms with Crippen molar-refractivity contribution in [3.05, 3.63) is 137 Å². The number of urea groups is 1. The van der Waals surface area contributed by atoms with Gasteiger partial charge in [0.05, 0.1) is 29.7 Å². The molecule has 6 unspecified atom stereocenters. The van der Waals surface area contributed by atoms with E-state index in [2.05, 4.69) is 29.5 Å². The van der Waals surface area contributed by atoms with Gasteiger partial charge in [-0.3, -0.25) is 10.1 Å². The number of oxime groups is 1.